The predicted molar refractivity (Wildman–Crippen MR) is 74.8 cm³/mol. The van der Waals surface area contributed by atoms with Gasteiger partial charge in [-0.25, -0.2) is 0 Å². The first kappa shape index (κ1) is 14.7. The van der Waals surface area contributed by atoms with Crippen molar-refractivity contribution in [3.05, 3.63) is 35.4 Å². The van der Waals surface area contributed by atoms with Gasteiger partial charge in [-0.3, -0.25) is 0 Å². The van der Waals surface area contributed by atoms with E-state index >= 15 is 0 Å². The van der Waals surface area contributed by atoms with E-state index in [1.807, 2.05) is 26.0 Å². The van der Waals surface area contributed by atoms with Gasteiger partial charge < -0.3 is 9.47 Å². The molecule has 0 N–H and O–H groups in total. The van der Waals surface area contributed by atoms with E-state index in [0.29, 0.717) is 13.2 Å². The molecule has 0 amide bonds. The van der Waals surface area contributed by atoms with Crippen LogP contribution >= 0.6 is 15.9 Å². The number of rotatable bonds is 7. The minimum atomic E-state index is 0.104. The van der Waals surface area contributed by atoms with Crippen molar-refractivity contribution in [1.29, 1.82) is 0 Å². The number of benzene rings is 1. The third-order valence-electron chi connectivity index (χ3n) is 2.53. The Bertz CT molecular complexity index is 326. The van der Waals surface area contributed by atoms with Crippen LogP contribution in [0.4, 0.5) is 0 Å². The highest BCUT2D eigenvalue weighted by Crippen LogP contribution is 2.22. The van der Waals surface area contributed by atoms with Crippen LogP contribution < -0.4 is 0 Å². The molecule has 0 heterocycles. The molecule has 3 heteroatoms. The second kappa shape index (κ2) is 7.85. The van der Waals surface area contributed by atoms with Gasteiger partial charge in [0.25, 0.3) is 0 Å². The Labute approximate surface area is 112 Å². The lowest BCUT2D eigenvalue weighted by Gasteiger charge is -2.18. The molecule has 96 valence electrons. The fraction of sp³-hybridized carbons (Fsp3) is 0.571. The first-order valence-electron chi connectivity index (χ1n) is 5.99. The van der Waals surface area contributed by atoms with Gasteiger partial charge in [-0.2, -0.15) is 0 Å². The van der Waals surface area contributed by atoms with Crippen molar-refractivity contribution >= 4 is 15.9 Å². The third kappa shape index (κ3) is 5.19. The lowest BCUT2D eigenvalue weighted by atomic mass is 10.0. The Morgan fingerprint density at radius 3 is 2.35 bits per heavy atom. The fourth-order valence-corrected chi connectivity index (χ4v) is 2.18. The summed E-state index contributed by atoms with van der Waals surface area (Å²) in [5.74, 6) is 0. The smallest absolute Gasteiger partial charge is 0.0925 e. The zero-order valence-corrected chi connectivity index (χ0v) is 12.4. The minimum absolute atomic E-state index is 0.104. The molecule has 1 aromatic carbocycles. The van der Waals surface area contributed by atoms with Crippen molar-refractivity contribution in [2.75, 3.05) is 18.5 Å². The van der Waals surface area contributed by atoms with Crippen molar-refractivity contribution in [2.24, 2.45) is 0 Å². The molecular formula is C14H21BrO2. The van der Waals surface area contributed by atoms with Gasteiger partial charge >= 0.3 is 0 Å². The summed E-state index contributed by atoms with van der Waals surface area (Å²) in [5.41, 5.74) is 2.51. The van der Waals surface area contributed by atoms with E-state index in [0.717, 1.165) is 5.33 Å². The molecule has 17 heavy (non-hydrogen) atoms. The molecule has 0 radical (unpaired) electrons. The van der Waals surface area contributed by atoms with E-state index in [1.54, 1.807) is 0 Å². The summed E-state index contributed by atoms with van der Waals surface area (Å²) < 4.78 is 11.3. The molecule has 0 saturated heterocycles. The van der Waals surface area contributed by atoms with E-state index in [9.17, 15) is 0 Å². The number of ether oxygens (including phenoxy) is 2. The summed E-state index contributed by atoms with van der Waals surface area (Å²) in [6, 6.07) is 8.32. The topological polar surface area (TPSA) is 18.5 Å². The van der Waals surface area contributed by atoms with Crippen LogP contribution in [0.1, 0.15) is 31.1 Å². The summed E-state index contributed by atoms with van der Waals surface area (Å²) in [7, 11) is 0. The maximum absolute atomic E-state index is 5.84. The van der Waals surface area contributed by atoms with E-state index in [-0.39, 0.29) is 12.2 Å². The van der Waals surface area contributed by atoms with Crippen molar-refractivity contribution in [1.82, 2.24) is 0 Å². The standard InChI is InChI=1S/C14H21BrO2/c1-11(2)16-8-9-17-14(10-15)13-7-5-4-6-12(13)3/h4-7,11,14H,8-10H2,1-3H3. The average Bonchev–Trinajstić information content (AvgIpc) is 2.30. The first-order valence-corrected chi connectivity index (χ1v) is 7.12. The molecule has 0 spiro atoms. The van der Waals surface area contributed by atoms with Crippen molar-refractivity contribution in [2.45, 2.75) is 33.0 Å². The van der Waals surface area contributed by atoms with Gasteiger partial charge in [0.2, 0.25) is 0 Å². The SMILES string of the molecule is Cc1ccccc1C(CBr)OCCOC(C)C. The summed E-state index contributed by atoms with van der Waals surface area (Å²) >= 11 is 3.50. The van der Waals surface area contributed by atoms with Crippen LogP contribution in [0.5, 0.6) is 0 Å². The lowest BCUT2D eigenvalue weighted by Crippen LogP contribution is -2.14. The molecule has 1 atom stereocenters. The van der Waals surface area contributed by atoms with E-state index in [1.165, 1.54) is 11.1 Å². The number of hydrogen-bond donors (Lipinski definition) is 0. The van der Waals surface area contributed by atoms with E-state index < -0.39 is 0 Å². The van der Waals surface area contributed by atoms with Crippen LogP contribution in [0, 0.1) is 6.92 Å². The van der Waals surface area contributed by atoms with Gasteiger partial charge in [0.05, 0.1) is 25.4 Å². The second-order valence-corrected chi connectivity index (χ2v) is 4.94. The molecule has 0 saturated carbocycles. The van der Waals surface area contributed by atoms with Crippen LogP contribution in [0.2, 0.25) is 0 Å². The monoisotopic (exact) mass is 300 g/mol. The fourth-order valence-electron chi connectivity index (χ4n) is 1.64. The summed E-state index contributed by atoms with van der Waals surface area (Å²) in [4.78, 5) is 0. The maximum atomic E-state index is 5.84. The highest BCUT2D eigenvalue weighted by atomic mass is 79.9. The number of aryl methyl sites for hydroxylation is 1. The van der Waals surface area contributed by atoms with Crippen molar-refractivity contribution in [3.8, 4) is 0 Å². The van der Waals surface area contributed by atoms with Crippen LogP contribution in [0.3, 0.4) is 0 Å². The Kier molecular flexibility index (Phi) is 6.78. The highest BCUT2D eigenvalue weighted by Gasteiger charge is 2.12. The van der Waals surface area contributed by atoms with E-state index in [2.05, 4.69) is 35.0 Å². The van der Waals surface area contributed by atoms with Crippen LogP contribution in [0.15, 0.2) is 24.3 Å². The number of halogens is 1. The molecule has 2 nitrogen and oxygen atoms in total. The largest absolute Gasteiger partial charge is 0.376 e. The summed E-state index contributed by atoms with van der Waals surface area (Å²) in [6.45, 7) is 7.45. The zero-order chi connectivity index (χ0) is 12.7. The van der Waals surface area contributed by atoms with E-state index in [4.69, 9.17) is 9.47 Å². The molecule has 0 aliphatic rings. The summed E-state index contributed by atoms with van der Waals surface area (Å²) in [5, 5.41) is 0.805. The second-order valence-electron chi connectivity index (χ2n) is 4.29. The third-order valence-corrected chi connectivity index (χ3v) is 3.12. The van der Waals surface area contributed by atoms with Gasteiger partial charge in [0.15, 0.2) is 0 Å². The molecule has 0 fully saturated rings. The highest BCUT2D eigenvalue weighted by molar-refractivity contribution is 9.09. The zero-order valence-electron chi connectivity index (χ0n) is 10.8. The number of alkyl halides is 1. The first-order chi connectivity index (χ1) is 8.15. The Morgan fingerprint density at radius 2 is 1.76 bits per heavy atom. The van der Waals surface area contributed by atoms with Gasteiger partial charge in [-0.15, -0.1) is 0 Å². The average molecular weight is 301 g/mol. The van der Waals surface area contributed by atoms with Crippen LogP contribution in [-0.4, -0.2) is 24.6 Å². The molecular weight excluding hydrogens is 280 g/mol. The quantitative estimate of drug-likeness (QED) is 0.562. The van der Waals surface area contributed by atoms with Gasteiger partial charge in [-0.1, -0.05) is 40.2 Å². The molecule has 1 rings (SSSR count). The number of hydrogen-bond acceptors (Lipinski definition) is 2. The Balaban J connectivity index is 2.46. The molecule has 1 unspecified atom stereocenters. The Hall–Kier alpha value is -0.380. The lowest BCUT2D eigenvalue weighted by molar-refractivity contribution is -0.00569. The van der Waals surface area contributed by atoms with Gasteiger partial charge in [-0.05, 0) is 31.9 Å². The Morgan fingerprint density at radius 1 is 1.12 bits per heavy atom. The molecule has 1 aromatic rings. The normalized spacial score (nSPS) is 13.0. The predicted octanol–water partition coefficient (Wildman–Crippen LogP) is 3.87. The maximum Gasteiger partial charge on any atom is 0.0925 e. The van der Waals surface area contributed by atoms with Crippen LogP contribution in [-0.2, 0) is 9.47 Å². The van der Waals surface area contributed by atoms with Gasteiger partial charge in [0.1, 0.15) is 0 Å². The minimum Gasteiger partial charge on any atom is -0.376 e. The summed E-state index contributed by atoms with van der Waals surface area (Å²) in [6.07, 6.45) is 0.367. The van der Waals surface area contributed by atoms with Crippen LogP contribution in [0.25, 0.3) is 0 Å². The molecule has 0 aliphatic carbocycles. The van der Waals surface area contributed by atoms with Gasteiger partial charge in [0, 0.05) is 5.33 Å². The van der Waals surface area contributed by atoms with Crippen molar-refractivity contribution in [3.63, 3.8) is 0 Å². The van der Waals surface area contributed by atoms with Crippen molar-refractivity contribution < 1.29 is 9.47 Å². The molecule has 0 aromatic heterocycles. The molecule has 0 bridgehead atoms. The molecule has 0 aliphatic heterocycles.